The molecule has 0 aliphatic heterocycles. The molecule has 21 heavy (non-hydrogen) atoms. The highest BCUT2D eigenvalue weighted by Gasteiger charge is 2.37. The summed E-state index contributed by atoms with van der Waals surface area (Å²) < 4.78 is 5.89. The lowest BCUT2D eigenvalue weighted by molar-refractivity contribution is -0.0515. The van der Waals surface area contributed by atoms with Gasteiger partial charge in [0, 0.05) is 18.4 Å². The molecule has 0 bridgehead atoms. The first-order valence-electron chi connectivity index (χ1n) is 8.21. The minimum absolute atomic E-state index is 0.314. The molecule has 116 valence electrons. The van der Waals surface area contributed by atoms with E-state index >= 15 is 0 Å². The Balaban J connectivity index is 2.04. The van der Waals surface area contributed by atoms with Gasteiger partial charge in [0.2, 0.25) is 0 Å². The van der Waals surface area contributed by atoms with Crippen molar-refractivity contribution in [3.8, 4) is 0 Å². The van der Waals surface area contributed by atoms with Crippen LogP contribution in [0.4, 0.5) is 5.82 Å². The molecule has 0 atom stereocenters. The molecule has 1 aromatic rings. The number of ether oxygens (including phenoxy) is 1. The first kappa shape index (κ1) is 14.7. The highest BCUT2D eigenvalue weighted by Crippen LogP contribution is 2.39. The second-order valence-electron chi connectivity index (χ2n) is 6.29. The van der Waals surface area contributed by atoms with Crippen molar-refractivity contribution in [1.29, 1.82) is 0 Å². The highest BCUT2D eigenvalue weighted by molar-refractivity contribution is 5.47. The largest absolute Gasteiger partial charge is 0.370 e. The molecule has 0 aromatic carbocycles. The Hall–Kier alpha value is -1.20. The molecule has 1 fully saturated rings. The number of nitrogens with one attached hydrogen (secondary N) is 1. The average molecular weight is 290 g/mol. The smallest absolute Gasteiger partial charge is 0.162 e. The topological polar surface area (TPSA) is 73.1 Å². The monoisotopic (exact) mass is 290 g/mol. The van der Waals surface area contributed by atoms with Gasteiger partial charge in [0.25, 0.3) is 0 Å². The molecular weight excluding hydrogens is 264 g/mol. The number of hydrogen-bond donors (Lipinski definition) is 2. The molecule has 0 radical (unpaired) electrons. The van der Waals surface area contributed by atoms with Crippen LogP contribution in [0, 0.1) is 0 Å². The zero-order valence-corrected chi connectivity index (χ0v) is 13.0. The molecule has 1 saturated carbocycles. The maximum atomic E-state index is 5.89. The van der Waals surface area contributed by atoms with E-state index in [0.717, 1.165) is 37.3 Å². The van der Waals surface area contributed by atoms with Crippen LogP contribution in [0.1, 0.15) is 68.4 Å². The Labute approximate surface area is 126 Å². The van der Waals surface area contributed by atoms with Crippen LogP contribution in [-0.4, -0.2) is 17.1 Å². The van der Waals surface area contributed by atoms with Crippen molar-refractivity contribution in [3.05, 3.63) is 17.1 Å². The third-order valence-electron chi connectivity index (χ3n) is 5.03. The molecular formula is C16H26N4O. The van der Waals surface area contributed by atoms with E-state index in [4.69, 9.17) is 20.5 Å². The summed E-state index contributed by atoms with van der Waals surface area (Å²) in [5, 5.41) is 0. The lowest BCUT2D eigenvalue weighted by atomic mass is 9.83. The Morgan fingerprint density at radius 3 is 2.43 bits per heavy atom. The molecule has 0 spiro atoms. The SMILES string of the molecule is COC1(c2nc3c(c(NN)n2)CCCCC3)CCCCC1. The summed E-state index contributed by atoms with van der Waals surface area (Å²) >= 11 is 0. The van der Waals surface area contributed by atoms with Gasteiger partial charge >= 0.3 is 0 Å². The van der Waals surface area contributed by atoms with Crippen molar-refractivity contribution >= 4 is 5.82 Å². The normalized spacial score (nSPS) is 21.4. The van der Waals surface area contributed by atoms with Gasteiger partial charge in [-0.2, -0.15) is 0 Å². The van der Waals surface area contributed by atoms with Crippen LogP contribution in [0.5, 0.6) is 0 Å². The lowest BCUT2D eigenvalue weighted by Gasteiger charge is -2.35. The van der Waals surface area contributed by atoms with Gasteiger partial charge in [0.1, 0.15) is 11.4 Å². The van der Waals surface area contributed by atoms with Crippen molar-refractivity contribution in [1.82, 2.24) is 9.97 Å². The highest BCUT2D eigenvalue weighted by atomic mass is 16.5. The molecule has 0 saturated heterocycles. The Morgan fingerprint density at radius 1 is 1.00 bits per heavy atom. The maximum absolute atomic E-state index is 5.89. The van der Waals surface area contributed by atoms with E-state index in [0.29, 0.717) is 0 Å². The molecule has 2 aliphatic carbocycles. The first-order chi connectivity index (χ1) is 10.3. The van der Waals surface area contributed by atoms with E-state index in [1.165, 1.54) is 49.8 Å². The van der Waals surface area contributed by atoms with Crippen LogP contribution in [-0.2, 0) is 23.2 Å². The van der Waals surface area contributed by atoms with Gasteiger partial charge in [-0.15, -0.1) is 0 Å². The van der Waals surface area contributed by atoms with Crippen molar-refractivity contribution in [2.45, 2.75) is 69.8 Å². The quantitative estimate of drug-likeness (QED) is 0.509. The second kappa shape index (κ2) is 6.28. The van der Waals surface area contributed by atoms with E-state index in [1.54, 1.807) is 7.11 Å². The van der Waals surface area contributed by atoms with Gasteiger partial charge in [0.15, 0.2) is 5.82 Å². The Morgan fingerprint density at radius 2 is 1.71 bits per heavy atom. The fourth-order valence-electron chi connectivity index (χ4n) is 3.74. The van der Waals surface area contributed by atoms with Crippen LogP contribution in [0.2, 0.25) is 0 Å². The third kappa shape index (κ3) is 2.77. The number of nitrogens with zero attached hydrogens (tertiary/aromatic N) is 2. The van der Waals surface area contributed by atoms with E-state index in [-0.39, 0.29) is 5.60 Å². The Bertz CT molecular complexity index is 497. The number of methoxy groups -OCH3 is 1. The number of nitrogens with two attached hydrogens (primary N) is 1. The maximum Gasteiger partial charge on any atom is 0.162 e. The summed E-state index contributed by atoms with van der Waals surface area (Å²) in [6.45, 7) is 0. The van der Waals surface area contributed by atoms with E-state index in [1.807, 2.05) is 0 Å². The number of aromatic nitrogens is 2. The predicted molar refractivity (Wildman–Crippen MR) is 82.9 cm³/mol. The van der Waals surface area contributed by atoms with E-state index in [9.17, 15) is 0 Å². The van der Waals surface area contributed by atoms with Gasteiger partial charge in [-0.3, -0.25) is 0 Å². The summed E-state index contributed by atoms with van der Waals surface area (Å²) in [6, 6.07) is 0. The number of rotatable bonds is 3. The third-order valence-corrected chi connectivity index (χ3v) is 5.03. The molecule has 5 nitrogen and oxygen atoms in total. The summed E-state index contributed by atoms with van der Waals surface area (Å²) in [7, 11) is 1.79. The van der Waals surface area contributed by atoms with Crippen molar-refractivity contribution in [2.75, 3.05) is 12.5 Å². The minimum Gasteiger partial charge on any atom is -0.370 e. The lowest BCUT2D eigenvalue weighted by Crippen LogP contribution is -2.34. The molecule has 0 unspecified atom stereocenters. The fraction of sp³-hybridized carbons (Fsp3) is 0.750. The van der Waals surface area contributed by atoms with Crippen molar-refractivity contribution < 1.29 is 4.74 Å². The Kier molecular flexibility index (Phi) is 4.40. The van der Waals surface area contributed by atoms with Crippen molar-refractivity contribution in [3.63, 3.8) is 0 Å². The van der Waals surface area contributed by atoms with E-state index < -0.39 is 0 Å². The van der Waals surface area contributed by atoms with E-state index in [2.05, 4.69) is 5.43 Å². The number of anilines is 1. The number of hydrazine groups is 1. The molecule has 3 N–H and O–H groups in total. The van der Waals surface area contributed by atoms with Gasteiger partial charge < -0.3 is 10.2 Å². The number of hydrogen-bond acceptors (Lipinski definition) is 5. The summed E-state index contributed by atoms with van der Waals surface area (Å²) in [4.78, 5) is 9.66. The number of fused-ring (bicyclic) bond motifs is 1. The predicted octanol–water partition coefficient (Wildman–Crippen LogP) is 2.84. The fourth-order valence-corrected chi connectivity index (χ4v) is 3.74. The summed E-state index contributed by atoms with van der Waals surface area (Å²) in [5.74, 6) is 7.36. The van der Waals surface area contributed by atoms with Gasteiger partial charge in [-0.25, -0.2) is 15.8 Å². The van der Waals surface area contributed by atoms with Crippen LogP contribution >= 0.6 is 0 Å². The number of nitrogen functional groups attached to an aromatic ring is 1. The van der Waals surface area contributed by atoms with Crippen LogP contribution < -0.4 is 11.3 Å². The summed E-state index contributed by atoms with van der Waals surface area (Å²) in [6.07, 6.45) is 11.4. The molecule has 0 amide bonds. The zero-order valence-electron chi connectivity index (χ0n) is 13.0. The van der Waals surface area contributed by atoms with Crippen LogP contribution in [0.15, 0.2) is 0 Å². The van der Waals surface area contributed by atoms with Gasteiger partial charge in [-0.05, 0) is 38.5 Å². The molecule has 2 aliphatic rings. The van der Waals surface area contributed by atoms with Crippen molar-refractivity contribution in [2.24, 2.45) is 5.84 Å². The van der Waals surface area contributed by atoms with Crippen LogP contribution in [0.25, 0.3) is 0 Å². The number of aryl methyl sites for hydroxylation is 1. The second-order valence-corrected chi connectivity index (χ2v) is 6.29. The zero-order chi connectivity index (χ0) is 14.7. The summed E-state index contributed by atoms with van der Waals surface area (Å²) in [5.41, 5.74) is 4.87. The van der Waals surface area contributed by atoms with Crippen LogP contribution in [0.3, 0.4) is 0 Å². The molecule has 1 aromatic heterocycles. The molecule has 5 heteroatoms. The molecule has 3 rings (SSSR count). The minimum atomic E-state index is -0.314. The molecule has 1 heterocycles. The van der Waals surface area contributed by atoms with Gasteiger partial charge in [0.05, 0.1) is 0 Å². The van der Waals surface area contributed by atoms with Gasteiger partial charge in [-0.1, -0.05) is 25.7 Å². The average Bonchev–Trinajstić information content (AvgIpc) is 2.79. The standard InChI is InChI=1S/C16H26N4O/c1-21-16(10-6-3-7-11-16)15-18-13-9-5-2-4-8-12(13)14(19-15)20-17/h2-11,17H2,1H3,(H,18,19,20). The first-order valence-corrected chi connectivity index (χ1v) is 8.21.